The predicted octanol–water partition coefficient (Wildman–Crippen LogP) is 1.80. The summed E-state index contributed by atoms with van der Waals surface area (Å²) in [5, 5.41) is 7.21. The van der Waals surface area contributed by atoms with Crippen molar-refractivity contribution < 1.29 is 40.0 Å². The second kappa shape index (κ2) is 16.7. The van der Waals surface area contributed by atoms with E-state index in [1.807, 2.05) is 0 Å². The summed E-state index contributed by atoms with van der Waals surface area (Å²) in [7, 11) is 0. The number of alkyl halides is 3. The first-order valence-electron chi connectivity index (χ1n) is 1.25. The van der Waals surface area contributed by atoms with Crippen LogP contribution in [-0.2, 0) is 21.7 Å². The number of aliphatic hydroxyl groups is 1. The maximum atomic E-state index is 10.6. The van der Waals surface area contributed by atoms with Crippen LogP contribution in [0.25, 0.3) is 0 Å². The monoisotopic (exact) mass is 256 g/mol. The van der Waals surface area contributed by atoms with Gasteiger partial charge in [0.2, 0.25) is 0 Å². The molecule has 66 valence electrons. The molecule has 10 heavy (non-hydrogen) atoms. The van der Waals surface area contributed by atoms with Gasteiger partial charge in [-0.1, -0.05) is 0 Å². The Labute approximate surface area is 89.9 Å². The molecule has 0 radical (unpaired) electrons. The van der Waals surface area contributed by atoms with Gasteiger partial charge >= 0.3 is 0 Å². The Morgan fingerprint density at radius 1 is 0.900 bits per heavy atom. The fraction of sp³-hybridized carbons (Fsp3) is 1.00. The third kappa shape index (κ3) is 22.8. The first-order chi connectivity index (χ1) is 2.64. The van der Waals surface area contributed by atoms with Crippen LogP contribution in [0, 0.1) is 0 Å². The minimum atomic E-state index is -3.26. The van der Waals surface area contributed by atoms with Crippen molar-refractivity contribution in [1.82, 2.24) is 0 Å². The third-order valence-corrected chi connectivity index (χ3v) is 0.208. The molecule has 0 amide bonds. The zero-order chi connectivity index (χ0) is 5.15. The molecule has 0 saturated carbocycles. The number of hydrogen-bond donors (Lipinski definition) is 1. The van der Waals surface area contributed by atoms with E-state index in [4.69, 9.17) is 5.11 Å². The van der Waals surface area contributed by atoms with Gasteiger partial charge < -0.3 is 5.11 Å². The minimum absolute atomic E-state index is 0. The summed E-state index contributed by atoms with van der Waals surface area (Å²) in [5.74, 6) is 0. The van der Waals surface area contributed by atoms with Crippen molar-refractivity contribution in [3.63, 3.8) is 0 Å². The van der Waals surface area contributed by atoms with Gasteiger partial charge in [0.05, 0.1) is 0 Å². The molecule has 0 spiro atoms. The SMILES string of the molecule is Cl.Cl.Cl.OC(F)C(F)F.[Ti]. The molecular weight excluding hydrogens is 251 g/mol. The van der Waals surface area contributed by atoms with Gasteiger partial charge in [0.1, 0.15) is 0 Å². The molecule has 0 rings (SSSR count). The maximum absolute atomic E-state index is 10.6. The van der Waals surface area contributed by atoms with E-state index < -0.39 is 12.8 Å². The average Bonchev–Trinajstić information content (AvgIpc) is 1.36. The van der Waals surface area contributed by atoms with E-state index in [2.05, 4.69) is 0 Å². The molecule has 0 heterocycles. The van der Waals surface area contributed by atoms with E-state index >= 15 is 0 Å². The second-order valence-electron chi connectivity index (χ2n) is 0.707. The van der Waals surface area contributed by atoms with Crippen molar-refractivity contribution >= 4 is 37.2 Å². The molecule has 0 aromatic carbocycles. The first kappa shape index (κ1) is 30.2. The van der Waals surface area contributed by atoms with E-state index in [9.17, 15) is 13.2 Å². The van der Waals surface area contributed by atoms with Crippen LogP contribution in [0.2, 0.25) is 0 Å². The van der Waals surface area contributed by atoms with E-state index in [1.54, 1.807) is 0 Å². The molecule has 1 N–H and O–H groups in total. The summed E-state index contributed by atoms with van der Waals surface area (Å²) in [6, 6.07) is 0. The number of aliphatic hydroxyl groups excluding tert-OH is 1. The van der Waals surface area contributed by atoms with Crippen molar-refractivity contribution in [3.8, 4) is 0 Å². The van der Waals surface area contributed by atoms with E-state index in [0.717, 1.165) is 0 Å². The summed E-state index contributed by atoms with van der Waals surface area (Å²) in [6.07, 6.45) is -6.24. The zero-order valence-corrected chi connectivity index (χ0v) is 8.47. The van der Waals surface area contributed by atoms with Crippen molar-refractivity contribution in [1.29, 1.82) is 0 Å². The summed E-state index contributed by atoms with van der Waals surface area (Å²) >= 11 is 0. The van der Waals surface area contributed by atoms with Gasteiger partial charge in [0.15, 0.2) is 0 Å². The van der Waals surface area contributed by atoms with E-state index in [0.29, 0.717) is 0 Å². The Bertz CT molecular complexity index is 42.7. The summed E-state index contributed by atoms with van der Waals surface area (Å²) < 4.78 is 31.7. The van der Waals surface area contributed by atoms with Gasteiger partial charge in [-0.2, -0.15) is 0 Å². The van der Waals surface area contributed by atoms with E-state index in [1.165, 1.54) is 0 Å². The molecule has 0 aliphatic heterocycles. The number of rotatable bonds is 1. The molecule has 1 unspecified atom stereocenters. The molecule has 0 bridgehead atoms. The van der Waals surface area contributed by atoms with Gasteiger partial charge in [0.25, 0.3) is 12.8 Å². The van der Waals surface area contributed by atoms with Gasteiger partial charge in [-0.25, -0.2) is 13.2 Å². The summed E-state index contributed by atoms with van der Waals surface area (Å²) in [4.78, 5) is 0. The molecule has 0 fully saturated rings. The van der Waals surface area contributed by atoms with Crippen LogP contribution < -0.4 is 0 Å². The zero-order valence-electron chi connectivity index (χ0n) is 4.46. The van der Waals surface area contributed by atoms with Crippen LogP contribution in [0.1, 0.15) is 0 Å². The van der Waals surface area contributed by atoms with Crippen LogP contribution in [-0.4, -0.2) is 17.9 Å². The molecule has 0 aromatic heterocycles. The molecule has 1 nitrogen and oxygen atoms in total. The topological polar surface area (TPSA) is 20.2 Å². The van der Waals surface area contributed by atoms with Gasteiger partial charge in [-0.05, 0) is 0 Å². The Hall–Kier alpha value is 1.33. The Balaban J connectivity index is -0.0000000208. The normalized spacial score (nSPS) is 9.30. The summed E-state index contributed by atoms with van der Waals surface area (Å²) in [6.45, 7) is 0. The van der Waals surface area contributed by atoms with Crippen molar-refractivity contribution in [2.24, 2.45) is 0 Å². The Kier molecular flexibility index (Phi) is 50.5. The van der Waals surface area contributed by atoms with Gasteiger partial charge in [-0.15, -0.1) is 37.2 Å². The minimum Gasteiger partial charge on any atom is -0.360 e. The van der Waals surface area contributed by atoms with Crippen LogP contribution in [0.3, 0.4) is 0 Å². The molecule has 0 saturated heterocycles. The van der Waals surface area contributed by atoms with Crippen LogP contribution in [0.4, 0.5) is 13.2 Å². The van der Waals surface area contributed by atoms with Crippen molar-refractivity contribution in [3.05, 3.63) is 0 Å². The molecule has 0 aliphatic carbocycles. The predicted molar refractivity (Wildman–Crippen MR) is 34.9 cm³/mol. The van der Waals surface area contributed by atoms with Gasteiger partial charge in [0, 0.05) is 21.7 Å². The summed E-state index contributed by atoms with van der Waals surface area (Å²) in [5.41, 5.74) is 0. The van der Waals surface area contributed by atoms with Crippen molar-refractivity contribution in [2.75, 3.05) is 0 Å². The van der Waals surface area contributed by atoms with E-state index in [-0.39, 0.29) is 58.9 Å². The standard InChI is InChI=1S/C2H3F3O.3ClH.Ti/c3-1(4)2(5)6;;;;/h1-2,6H;3*1H;. The fourth-order valence-corrected chi connectivity index (χ4v) is 0. The molecular formula is C2H6Cl3F3OTi. The second-order valence-corrected chi connectivity index (χ2v) is 0.707. The molecule has 8 heteroatoms. The maximum Gasteiger partial charge on any atom is 0.293 e. The Morgan fingerprint density at radius 3 is 1.00 bits per heavy atom. The molecule has 1 atom stereocenters. The number of halogens is 6. The smallest absolute Gasteiger partial charge is 0.293 e. The molecule has 0 aliphatic rings. The Morgan fingerprint density at radius 2 is 1.00 bits per heavy atom. The van der Waals surface area contributed by atoms with Crippen LogP contribution in [0.5, 0.6) is 0 Å². The van der Waals surface area contributed by atoms with Crippen LogP contribution >= 0.6 is 37.2 Å². The number of hydrogen-bond acceptors (Lipinski definition) is 1. The third-order valence-electron chi connectivity index (χ3n) is 0.208. The molecule has 0 aromatic rings. The fourth-order valence-electron chi connectivity index (χ4n) is 0. The largest absolute Gasteiger partial charge is 0.360 e. The quantitative estimate of drug-likeness (QED) is 0.710. The first-order valence-corrected chi connectivity index (χ1v) is 1.25. The average molecular weight is 257 g/mol. The van der Waals surface area contributed by atoms with Crippen molar-refractivity contribution in [2.45, 2.75) is 12.8 Å². The van der Waals surface area contributed by atoms with Crippen LogP contribution in [0.15, 0.2) is 0 Å². The van der Waals surface area contributed by atoms with Gasteiger partial charge in [-0.3, -0.25) is 0 Å².